The molecular weight excluding hydrogens is 335 g/mol. The Labute approximate surface area is 97.6 Å². The Kier molecular flexibility index (Phi) is 4.84. The fourth-order valence-electron chi connectivity index (χ4n) is 0.898. The molecule has 1 fully saturated rings. The van der Waals surface area contributed by atoms with Gasteiger partial charge in [-0.2, -0.15) is 0 Å². The normalized spacial score (nSPS) is 29.4. The van der Waals surface area contributed by atoms with Crippen LogP contribution in [0.3, 0.4) is 0 Å². The summed E-state index contributed by atoms with van der Waals surface area (Å²) in [5.74, 6) is 0. The second-order valence-corrected chi connectivity index (χ2v) is 11.9. The van der Waals surface area contributed by atoms with Gasteiger partial charge in [-0.15, -0.1) is 0 Å². The molecule has 0 aliphatic carbocycles. The Bertz CT molecular complexity index is 283. The number of nitrogens with one attached hydrogen (secondary N) is 1. The summed E-state index contributed by atoms with van der Waals surface area (Å²) in [4.78, 5) is 13.5. The van der Waals surface area contributed by atoms with Crippen molar-refractivity contribution in [1.29, 1.82) is 0 Å². The summed E-state index contributed by atoms with van der Waals surface area (Å²) < 4.78 is 1.99. The zero-order valence-electron chi connectivity index (χ0n) is 7.86. The molecule has 14 heavy (non-hydrogen) atoms. The van der Waals surface area contributed by atoms with Gasteiger partial charge in [-0.1, -0.05) is 0 Å². The quantitative estimate of drug-likeness (QED) is 0.162. The van der Waals surface area contributed by atoms with E-state index in [4.69, 9.17) is 5.53 Å². The predicted molar refractivity (Wildman–Crippen MR) is 70.6 cm³/mol. The van der Waals surface area contributed by atoms with Crippen molar-refractivity contribution in [2.75, 3.05) is 15.2 Å². The molecule has 1 aliphatic rings. The average Bonchev–Trinajstić information content (AvgIpc) is 2.18. The van der Waals surface area contributed by atoms with Crippen molar-refractivity contribution < 1.29 is 4.79 Å². The number of azide groups is 1. The van der Waals surface area contributed by atoms with Crippen molar-refractivity contribution >= 4 is 45.2 Å². The fraction of sp³-hybridized carbons (Fsp3) is 0.833. The van der Waals surface area contributed by atoms with Gasteiger partial charge in [0.25, 0.3) is 0 Å². The molecule has 0 bridgehead atoms. The average molecular weight is 346 g/mol. The maximum atomic E-state index is 11.3. The Morgan fingerprint density at radius 1 is 1.79 bits per heavy atom. The van der Waals surface area contributed by atoms with E-state index in [0.29, 0.717) is 3.79 Å². The summed E-state index contributed by atoms with van der Waals surface area (Å²) >= 11 is -1.57. The molecule has 5 nitrogen and oxygen atoms in total. The van der Waals surface area contributed by atoms with Gasteiger partial charge in [0, 0.05) is 0 Å². The first kappa shape index (κ1) is 12.4. The zero-order valence-corrected chi connectivity index (χ0v) is 11.6. The third kappa shape index (κ3) is 2.93. The third-order valence-electron chi connectivity index (χ3n) is 1.69. The van der Waals surface area contributed by atoms with Crippen LogP contribution >= 0.6 is 41.4 Å². The standard InChI is InChI=1S/C6H11IN4OS2/c1-5(12)7-3-6(9-2,10-11-8)14-13-4-7/h9H,3-4H2,1-2H3. The van der Waals surface area contributed by atoms with E-state index in [1.807, 2.05) is 0 Å². The third-order valence-corrected chi connectivity index (χ3v) is 13.5. The first-order valence-electron chi connectivity index (χ1n) is 3.81. The monoisotopic (exact) mass is 346 g/mol. The van der Waals surface area contributed by atoms with E-state index in [1.54, 1.807) is 24.8 Å². The second-order valence-electron chi connectivity index (χ2n) is 2.59. The molecule has 1 unspecified atom stereocenters. The molecule has 0 amide bonds. The maximum absolute atomic E-state index is 11.3. The zero-order chi connectivity index (χ0) is 10.6. The minimum atomic E-state index is -1.57. The van der Waals surface area contributed by atoms with E-state index in [0.717, 1.165) is 8.19 Å². The number of hydrogen-bond donors (Lipinski definition) is 1. The Morgan fingerprint density at radius 3 is 3.00 bits per heavy atom. The predicted octanol–water partition coefficient (Wildman–Crippen LogP) is 2.58. The number of carbonyl (C=O) groups is 1. The van der Waals surface area contributed by atoms with Crippen LogP contribution in [0.2, 0.25) is 0 Å². The Balaban J connectivity index is 2.78. The van der Waals surface area contributed by atoms with Gasteiger partial charge in [-0.3, -0.25) is 0 Å². The van der Waals surface area contributed by atoms with Crippen LogP contribution in [0.25, 0.3) is 10.4 Å². The molecule has 0 radical (unpaired) electrons. The summed E-state index contributed by atoms with van der Waals surface area (Å²) in [7, 11) is 4.94. The molecule has 80 valence electrons. The summed E-state index contributed by atoms with van der Waals surface area (Å²) in [5.41, 5.74) is 8.47. The van der Waals surface area contributed by atoms with Crippen molar-refractivity contribution in [3.8, 4) is 0 Å². The molecule has 0 aromatic heterocycles. The fourth-order valence-corrected chi connectivity index (χ4v) is 13.4. The molecule has 8 heteroatoms. The van der Waals surface area contributed by atoms with E-state index in [9.17, 15) is 4.79 Å². The van der Waals surface area contributed by atoms with Gasteiger partial charge in [-0.25, -0.2) is 0 Å². The Morgan fingerprint density at radius 2 is 2.50 bits per heavy atom. The van der Waals surface area contributed by atoms with Crippen LogP contribution in [0.5, 0.6) is 0 Å². The van der Waals surface area contributed by atoms with Gasteiger partial charge >= 0.3 is 98.0 Å². The molecule has 1 aliphatic heterocycles. The van der Waals surface area contributed by atoms with Gasteiger partial charge in [-0.05, 0) is 0 Å². The van der Waals surface area contributed by atoms with Crippen LogP contribution in [0.1, 0.15) is 6.92 Å². The van der Waals surface area contributed by atoms with E-state index < -0.39 is 24.8 Å². The van der Waals surface area contributed by atoms with Gasteiger partial charge in [0.05, 0.1) is 0 Å². The van der Waals surface area contributed by atoms with Crippen LogP contribution in [0.15, 0.2) is 5.11 Å². The van der Waals surface area contributed by atoms with Crippen LogP contribution < -0.4 is 5.32 Å². The number of hydrogen-bond acceptors (Lipinski definition) is 5. The van der Waals surface area contributed by atoms with Crippen LogP contribution in [0.4, 0.5) is 0 Å². The first-order chi connectivity index (χ1) is 6.63. The number of halogens is 1. The molecule has 1 atom stereocenters. The minimum absolute atomic E-state index is 0.315. The molecule has 1 heterocycles. The van der Waals surface area contributed by atoms with Gasteiger partial charge in [0.15, 0.2) is 0 Å². The summed E-state index contributed by atoms with van der Waals surface area (Å²) in [6, 6.07) is 0. The Hall–Kier alpha value is 0.370. The van der Waals surface area contributed by atoms with Crippen LogP contribution in [-0.2, 0) is 4.79 Å². The molecule has 1 saturated heterocycles. The summed E-state index contributed by atoms with van der Waals surface area (Å²) in [6.45, 7) is 1.65. The molecule has 1 N–H and O–H groups in total. The number of rotatable bonds is 3. The SMILES string of the molecule is CNC1(N=[N+]=[N-])CI(C(C)=O)CSS1. The molecule has 0 aromatic rings. The summed E-state index contributed by atoms with van der Waals surface area (Å²) in [5, 5.41) is 6.78. The van der Waals surface area contributed by atoms with Crippen molar-refractivity contribution in [3.05, 3.63) is 10.4 Å². The second kappa shape index (κ2) is 5.45. The van der Waals surface area contributed by atoms with Gasteiger partial charge < -0.3 is 0 Å². The number of nitrogens with zero attached hydrogens (tertiary/aromatic N) is 3. The van der Waals surface area contributed by atoms with Crippen molar-refractivity contribution in [2.45, 2.75) is 11.9 Å². The first-order valence-corrected chi connectivity index (χ1v) is 10.3. The van der Waals surface area contributed by atoms with Crippen molar-refractivity contribution in [1.82, 2.24) is 5.32 Å². The van der Waals surface area contributed by atoms with Crippen molar-refractivity contribution in [3.63, 3.8) is 0 Å². The van der Waals surface area contributed by atoms with Crippen LogP contribution in [-0.4, -0.2) is 24.0 Å². The van der Waals surface area contributed by atoms with Crippen LogP contribution in [0, 0.1) is 0 Å². The van der Waals surface area contributed by atoms with Crippen molar-refractivity contribution in [2.24, 2.45) is 5.11 Å². The molecule has 1 rings (SSSR count). The van der Waals surface area contributed by atoms with E-state index in [2.05, 4.69) is 15.3 Å². The van der Waals surface area contributed by atoms with Gasteiger partial charge in [0.2, 0.25) is 0 Å². The number of alkyl halides is 2. The molecule has 0 aromatic carbocycles. The van der Waals surface area contributed by atoms with E-state index in [-0.39, 0.29) is 0 Å². The van der Waals surface area contributed by atoms with E-state index in [1.165, 1.54) is 10.8 Å². The molecule has 0 spiro atoms. The van der Waals surface area contributed by atoms with Gasteiger partial charge in [0.1, 0.15) is 0 Å². The molecular formula is C6H11IN4OS2. The number of carbonyl (C=O) groups excluding carboxylic acids is 1. The molecule has 0 saturated carbocycles. The summed E-state index contributed by atoms with van der Waals surface area (Å²) in [6.07, 6.45) is 0. The van der Waals surface area contributed by atoms with E-state index >= 15 is 0 Å². The topological polar surface area (TPSA) is 77.9 Å².